The van der Waals surface area contributed by atoms with Crippen LogP contribution < -0.4 is 5.32 Å². The number of benzene rings is 3. The van der Waals surface area contributed by atoms with Crippen molar-refractivity contribution < 1.29 is 9.18 Å². The zero-order valence-electron chi connectivity index (χ0n) is 14.5. The van der Waals surface area contributed by atoms with Gasteiger partial charge in [-0.1, -0.05) is 71.5 Å². The minimum absolute atomic E-state index is 0.240. The first-order valence-corrected chi connectivity index (χ1v) is 9.69. The molecule has 4 rings (SSSR count). The van der Waals surface area contributed by atoms with E-state index in [2.05, 4.69) is 10.3 Å². The van der Waals surface area contributed by atoms with Crippen molar-refractivity contribution in [3.8, 4) is 21.7 Å². The van der Waals surface area contributed by atoms with Gasteiger partial charge in [0.2, 0.25) is 0 Å². The van der Waals surface area contributed by atoms with E-state index in [4.69, 9.17) is 11.6 Å². The monoisotopic (exact) mass is 408 g/mol. The second-order valence-corrected chi connectivity index (χ2v) is 7.47. The van der Waals surface area contributed by atoms with Gasteiger partial charge in [-0.3, -0.25) is 10.1 Å². The third kappa shape index (κ3) is 3.96. The van der Waals surface area contributed by atoms with E-state index < -0.39 is 11.7 Å². The highest BCUT2D eigenvalue weighted by molar-refractivity contribution is 7.19. The number of rotatable bonds is 4. The molecule has 0 radical (unpaired) electrons. The highest BCUT2D eigenvalue weighted by Gasteiger charge is 2.17. The molecular formula is C22H14ClFN2OS. The fraction of sp³-hybridized carbons (Fsp3) is 0. The van der Waals surface area contributed by atoms with Gasteiger partial charge in [-0.2, -0.15) is 0 Å². The van der Waals surface area contributed by atoms with E-state index in [1.54, 1.807) is 6.07 Å². The van der Waals surface area contributed by atoms with Crippen molar-refractivity contribution in [1.29, 1.82) is 0 Å². The zero-order valence-corrected chi connectivity index (χ0v) is 16.1. The molecule has 0 aliphatic rings. The Kier molecular flexibility index (Phi) is 5.19. The Bertz CT molecular complexity index is 1130. The molecule has 0 atom stereocenters. The number of nitrogens with one attached hydrogen (secondary N) is 1. The Hall–Kier alpha value is -3.02. The lowest BCUT2D eigenvalue weighted by Gasteiger charge is -2.02. The van der Waals surface area contributed by atoms with Crippen molar-refractivity contribution in [2.24, 2.45) is 0 Å². The van der Waals surface area contributed by atoms with Crippen molar-refractivity contribution in [2.75, 3.05) is 5.32 Å². The first-order chi connectivity index (χ1) is 13.6. The number of halogens is 2. The molecule has 4 aromatic rings. The zero-order chi connectivity index (χ0) is 19.5. The molecule has 3 aromatic carbocycles. The van der Waals surface area contributed by atoms with Crippen LogP contribution in [0.5, 0.6) is 0 Å². The topological polar surface area (TPSA) is 42.0 Å². The summed E-state index contributed by atoms with van der Waals surface area (Å²) in [5.41, 5.74) is 2.90. The van der Waals surface area contributed by atoms with E-state index in [0.29, 0.717) is 10.2 Å². The van der Waals surface area contributed by atoms with E-state index in [1.807, 2.05) is 54.6 Å². The summed E-state index contributed by atoms with van der Waals surface area (Å²) in [7, 11) is 0. The number of carbonyl (C=O) groups excluding carboxylic acids is 1. The molecule has 0 unspecified atom stereocenters. The average molecular weight is 409 g/mol. The van der Waals surface area contributed by atoms with Crippen LogP contribution in [0.25, 0.3) is 21.7 Å². The summed E-state index contributed by atoms with van der Waals surface area (Å²) in [5.74, 6) is -0.867. The molecule has 1 amide bonds. The lowest BCUT2D eigenvalue weighted by Crippen LogP contribution is -2.11. The first kappa shape index (κ1) is 18.3. The van der Waals surface area contributed by atoms with Crippen LogP contribution in [0.15, 0.2) is 78.9 Å². The molecule has 0 bridgehead atoms. The molecule has 3 nitrogen and oxygen atoms in total. The minimum atomic E-state index is -0.460. The van der Waals surface area contributed by atoms with Gasteiger partial charge >= 0.3 is 0 Å². The smallest absolute Gasteiger partial charge is 0.257 e. The number of hydrogen-bond acceptors (Lipinski definition) is 3. The van der Waals surface area contributed by atoms with Crippen molar-refractivity contribution in [3.05, 3.63) is 95.3 Å². The quantitative estimate of drug-likeness (QED) is 0.417. The van der Waals surface area contributed by atoms with Crippen LogP contribution in [0.4, 0.5) is 9.52 Å². The van der Waals surface area contributed by atoms with Crippen molar-refractivity contribution in [3.63, 3.8) is 0 Å². The molecular weight excluding hydrogens is 395 g/mol. The van der Waals surface area contributed by atoms with Gasteiger partial charge in [0.05, 0.1) is 10.6 Å². The van der Waals surface area contributed by atoms with Crippen LogP contribution in [-0.4, -0.2) is 10.9 Å². The van der Waals surface area contributed by atoms with Crippen LogP contribution in [0.2, 0.25) is 5.02 Å². The Labute approximate surface area is 170 Å². The molecule has 6 heteroatoms. The van der Waals surface area contributed by atoms with Gasteiger partial charge in [0.25, 0.3) is 5.91 Å². The van der Waals surface area contributed by atoms with Crippen LogP contribution >= 0.6 is 22.9 Å². The maximum atomic E-state index is 13.4. The van der Waals surface area contributed by atoms with Gasteiger partial charge in [0.1, 0.15) is 5.82 Å². The normalized spacial score (nSPS) is 10.6. The van der Waals surface area contributed by atoms with Crippen LogP contribution in [-0.2, 0) is 0 Å². The number of hydrogen-bond donors (Lipinski definition) is 1. The predicted octanol–water partition coefficient (Wildman–Crippen LogP) is 6.52. The number of aromatic nitrogens is 1. The molecule has 0 aliphatic heterocycles. The predicted molar refractivity (Wildman–Crippen MR) is 112 cm³/mol. The molecule has 1 heterocycles. The summed E-state index contributed by atoms with van der Waals surface area (Å²) in [6, 6.07) is 22.8. The van der Waals surface area contributed by atoms with Gasteiger partial charge in [0, 0.05) is 16.1 Å². The Morgan fingerprint density at radius 2 is 1.68 bits per heavy atom. The maximum absolute atomic E-state index is 13.4. The van der Waals surface area contributed by atoms with E-state index in [1.165, 1.54) is 29.5 Å². The SMILES string of the molecule is O=C(Nc1nc(-c2ccccc2)c(-c2ccc(Cl)cc2)s1)c1cccc(F)c1. The van der Waals surface area contributed by atoms with Crippen LogP contribution in [0.3, 0.4) is 0 Å². The summed E-state index contributed by atoms with van der Waals surface area (Å²) in [6.07, 6.45) is 0. The molecule has 0 aliphatic carbocycles. The second-order valence-electron chi connectivity index (χ2n) is 6.03. The largest absolute Gasteiger partial charge is 0.298 e. The Morgan fingerprint density at radius 3 is 2.39 bits per heavy atom. The molecule has 28 heavy (non-hydrogen) atoms. The third-order valence-corrected chi connectivity index (χ3v) is 5.36. The summed E-state index contributed by atoms with van der Waals surface area (Å²) in [4.78, 5) is 18.0. The van der Waals surface area contributed by atoms with Crippen molar-refractivity contribution in [1.82, 2.24) is 4.98 Å². The fourth-order valence-corrected chi connectivity index (χ4v) is 3.88. The van der Waals surface area contributed by atoms with E-state index >= 15 is 0 Å². The van der Waals surface area contributed by atoms with Crippen LogP contribution in [0.1, 0.15) is 10.4 Å². The molecule has 1 aromatic heterocycles. The third-order valence-electron chi connectivity index (χ3n) is 4.09. The molecule has 138 valence electrons. The summed E-state index contributed by atoms with van der Waals surface area (Å²) in [5, 5.41) is 3.86. The van der Waals surface area contributed by atoms with Gasteiger partial charge in [-0.05, 0) is 35.9 Å². The number of thiazole rings is 1. The maximum Gasteiger partial charge on any atom is 0.257 e. The molecule has 1 N–H and O–H groups in total. The first-order valence-electron chi connectivity index (χ1n) is 8.49. The van der Waals surface area contributed by atoms with E-state index in [0.717, 1.165) is 21.7 Å². The van der Waals surface area contributed by atoms with Gasteiger partial charge in [-0.25, -0.2) is 9.37 Å². The summed E-state index contributed by atoms with van der Waals surface area (Å²) in [6.45, 7) is 0. The summed E-state index contributed by atoms with van der Waals surface area (Å²) >= 11 is 7.37. The van der Waals surface area contributed by atoms with Crippen molar-refractivity contribution in [2.45, 2.75) is 0 Å². The number of anilines is 1. The lowest BCUT2D eigenvalue weighted by molar-refractivity contribution is 0.102. The van der Waals surface area contributed by atoms with Gasteiger partial charge < -0.3 is 0 Å². The van der Waals surface area contributed by atoms with E-state index in [9.17, 15) is 9.18 Å². The minimum Gasteiger partial charge on any atom is -0.298 e. The second kappa shape index (κ2) is 7.92. The Morgan fingerprint density at radius 1 is 0.929 bits per heavy atom. The average Bonchev–Trinajstić information content (AvgIpc) is 3.13. The lowest BCUT2D eigenvalue weighted by atomic mass is 10.1. The molecule has 0 fully saturated rings. The molecule has 0 spiro atoms. The Balaban J connectivity index is 1.73. The number of amides is 1. The van der Waals surface area contributed by atoms with Crippen molar-refractivity contribution >= 4 is 34.0 Å². The number of nitrogens with zero attached hydrogens (tertiary/aromatic N) is 1. The molecule has 0 saturated carbocycles. The van der Waals surface area contributed by atoms with E-state index in [-0.39, 0.29) is 5.56 Å². The highest BCUT2D eigenvalue weighted by Crippen LogP contribution is 2.39. The molecule has 0 saturated heterocycles. The van der Waals surface area contributed by atoms with Gasteiger partial charge in [0.15, 0.2) is 5.13 Å². The summed E-state index contributed by atoms with van der Waals surface area (Å²) < 4.78 is 13.4. The standard InChI is InChI=1S/C22H14ClFN2OS/c23-17-11-9-15(10-12-17)20-19(14-5-2-1-3-6-14)25-22(28-20)26-21(27)16-7-4-8-18(24)13-16/h1-13H,(H,25,26,27). The van der Waals surface area contributed by atoms with Crippen LogP contribution in [0, 0.1) is 5.82 Å². The number of carbonyl (C=O) groups is 1. The van der Waals surface area contributed by atoms with Gasteiger partial charge in [-0.15, -0.1) is 0 Å². The fourth-order valence-electron chi connectivity index (χ4n) is 2.76. The highest BCUT2D eigenvalue weighted by atomic mass is 35.5.